The van der Waals surface area contributed by atoms with Crippen LogP contribution in [-0.4, -0.2) is 57.0 Å². The maximum absolute atomic E-state index is 12.9. The molecule has 1 aliphatic heterocycles. The van der Waals surface area contributed by atoms with Crippen LogP contribution in [0.2, 0.25) is 0 Å². The first-order valence-electron chi connectivity index (χ1n) is 8.81. The van der Waals surface area contributed by atoms with Crippen LogP contribution in [-0.2, 0) is 9.53 Å². The number of piperazine rings is 1. The van der Waals surface area contributed by atoms with E-state index in [2.05, 4.69) is 20.4 Å². The van der Waals surface area contributed by atoms with Gasteiger partial charge in [0.2, 0.25) is 5.95 Å². The molecule has 2 aromatic heterocycles. The Morgan fingerprint density at radius 3 is 2.61 bits per heavy atom. The second-order valence-corrected chi connectivity index (χ2v) is 7.40. The fourth-order valence-electron chi connectivity index (χ4n) is 2.81. The lowest BCUT2D eigenvalue weighted by atomic mass is 10.1. The Morgan fingerprint density at radius 1 is 1.36 bits per heavy atom. The van der Waals surface area contributed by atoms with Gasteiger partial charge in [0.15, 0.2) is 5.69 Å². The molecule has 0 aliphatic carbocycles. The van der Waals surface area contributed by atoms with Crippen LogP contribution in [0, 0.1) is 0 Å². The van der Waals surface area contributed by atoms with E-state index >= 15 is 0 Å². The van der Waals surface area contributed by atoms with Crippen molar-refractivity contribution in [1.82, 2.24) is 25.1 Å². The molecule has 1 unspecified atom stereocenters. The molecule has 0 radical (unpaired) electrons. The summed E-state index contributed by atoms with van der Waals surface area (Å²) in [6.07, 6.45) is 1.40. The molecule has 11 heteroatoms. The predicted molar refractivity (Wildman–Crippen MR) is 98.4 cm³/mol. The van der Waals surface area contributed by atoms with Crippen molar-refractivity contribution >= 4 is 17.6 Å². The van der Waals surface area contributed by atoms with E-state index in [9.17, 15) is 13.6 Å². The molecule has 1 saturated heterocycles. The molecule has 0 aromatic carbocycles. The number of carbonyl (C=O) groups is 1. The molecule has 28 heavy (non-hydrogen) atoms. The van der Waals surface area contributed by atoms with Gasteiger partial charge in [-0.2, -0.15) is 5.10 Å². The van der Waals surface area contributed by atoms with Crippen molar-refractivity contribution in [2.24, 2.45) is 0 Å². The number of halogens is 2. The molecule has 3 heterocycles. The highest BCUT2D eigenvalue weighted by molar-refractivity contribution is 5.80. The number of rotatable bonds is 4. The van der Waals surface area contributed by atoms with Crippen molar-refractivity contribution in [2.45, 2.75) is 38.8 Å². The number of hydrogen-bond donors (Lipinski definition) is 2. The maximum atomic E-state index is 12.9. The normalized spacial score (nSPS) is 17.8. The highest BCUT2D eigenvalue weighted by Gasteiger charge is 2.34. The second kappa shape index (κ2) is 7.66. The molecule has 3 N–H and O–H groups in total. The van der Waals surface area contributed by atoms with Crippen LogP contribution in [0.5, 0.6) is 0 Å². The van der Waals surface area contributed by atoms with Crippen LogP contribution in [0.25, 0.3) is 5.69 Å². The molecule has 0 spiro atoms. The number of nitrogens with two attached hydrogens (primary N) is 1. The van der Waals surface area contributed by atoms with Crippen LogP contribution >= 0.6 is 0 Å². The van der Waals surface area contributed by atoms with E-state index < -0.39 is 23.8 Å². The van der Waals surface area contributed by atoms with Crippen molar-refractivity contribution in [3.63, 3.8) is 0 Å². The number of esters is 1. The summed E-state index contributed by atoms with van der Waals surface area (Å²) in [5.41, 5.74) is 4.74. The number of alkyl halides is 2. The molecule has 9 nitrogen and oxygen atoms in total. The standard InChI is InChI=1S/C17H23F2N7O2/c1-17(2,3)28-15(27)12-8-21-4-5-25(12)16-22-6-10(7-23-16)26-9-11(20)13(24-26)14(18)19/h6-7,9,12,14,21H,4-5,8,20H2,1-3H3. The molecule has 3 rings (SSSR count). The Labute approximate surface area is 160 Å². The Morgan fingerprint density at radius 2 is 2.04 bits per heavy atom. The minimum atomic E-state index is -2.77. The summed E-state index contributed by atoms with van der Waals surface area (Å²) >= 11 is 0. The summed E-state index contributed by atoms with van der Waals surface area (Å²) in [5.74, 6) is -0.0240. The smallest absolute Gasteiger partial charge is 0.330 e. The van der Waals surface area contributed by atoms with Gasteiger partial charge in [-0.05, 0) is 20.8 Å². The second-order valence-electron chi connectivity index (χ2n) is 7.40. The quantitative estimate of drug-likeness (QED) is 0.746. The van der Waals surface area contributed by atoms with Crippen molar-refractivity contribution in [3.05, 3.63) is 24.3 Å². The van der Waals surface area contributed by atoms with Gasteiger partial charge in [0.25, 0.3) is 6.43 Å². The lowest BCUT2D eigenvalue weighted by Gasteiger charge is -2.36. The van der Waals surface area contributed by atoms with E-state index in [4.69, 9.17) is 10.5 Å². The molecular weight excluding hydrogens is 372 g/mol. The Bertz CT molecular complexity index is 833. The van der Waals surface area contributed by atoms with Gasteiger partial charge in [0.05, 0.1) is 24.3 Å². The van der Waals surface area contributed by atoms with Gasteiger partial charge in [-0.3, -0.25) is 0 Å². The number of nitrogens with one attached hydrogen (secondary N) is 1. The number of anilines is 2. The Balaban J connectivity index is 1.81. The van der Waals surface area contributed by atoms with Gasteiger partial charge in [-0.1, -0.05) is 0 Å². The fourth-order valence-corrected chi connectivity index (χ4v) is 2.81. The van der Waals surface area contributed by atoms with E-state index in [1.54, 1.807) is 25.7 Å². The summed E-state index contributed by atoms with van der Waals surface area (Å²) in [6, 6.07) is -0.565. The third kappa shape index (κ3) is 4.35. The highest BCUT2D eigenvalue weighted by atomic mass is 19.3. The number of carbonyl (C=O) groups excluding carboxylic acids is 1. The monoisotopic (exact) mass is 395 g/mol. The molecule has 0 saturated carbocycles. The van der Waals surface area contributed by atoms with Crippen LogP contribution in [0.4, 0.5) is 20.4 Å². The minimum absolute atomic E-state index is 0.105. The average molecular weight is 395 g/mol. The molecule has 152 valence electrons. The first kappa shape index (κ1) is 19.9. The molecular formula is C17H23F2N7O2. The van der Waals surface area contributed by atoms with Crippen molar-refractivity contribution in [3.8, 4) is 5.69 Å². The van der Waals surface area contributed by atoms with E-state index in [0.29, 0.717) is 31.3 Å². The van der Waals surface area contributed by atoms with Gasteiger partial charge in [0.1, 0.15) is 17.3 Å². The zero-order chi connectivity index (χ0) is 20.5. The first-order valence-corrected chi connectivity index (χ1v) is 8.81. The summed E-state index contributed by atoms with van der Waals surface area (Å²) in [6.45, 7) is 7.01. The van der Waals surface area contributed by atoms with Gasteiger partial charge < -0.3 is 20.7 Å². The summed E-state index contributed by atoms with van der Waals surface area (Å²) < 4.78 is 32.4. The summed E-state index contributed by atoms with van der Waals surface area (Å²) in [5, 5.41) is 6.93. The first-order chi connectivity index (χ1) is 13.2. The Hall–Kier alpha value is -2.82. The van der Waals surface area contributed by atoms with Gasteiger partial charge >= 0.3 is 5.97 Å². The average Bonchev–Trinajstić information content (AvgIpc) is 3.02. The van der Waals surface area contributed by atoms with Gasteiger partial charge in [-0.25, -0.2) is 28.2 Å². The third-order valence-corrected chi connectivity index (χ3v) is 4.05. The topological polar surface area (TPSA) is 111 Å². The minimum Gasteiger partial charge on any atom is -0.458 e. The van der Waals surface area contributed by atoms with E-state index in [-0.39, 0.29) is 11.7 Å². The van der Waals surface area contributed by atoms with Crippen molar-refractivity contribution in [2.75, 3.05) is 30.3 Å². The Kier molecular flexibility index (Phi) is 5.45. The number of nitrogens with zero attached hydrogens (tertiary/aromatic N) is 5. The molecule has 1 aliphatic rings. The number of aromatic nitrogens is 4. The summed E-state index contributed by atoms with van der Waals surface area (Å²) in [4.78, 5) is 22.9. The number of nitrogen functional groups attached to an aromatic ring is 1. The van der Waals surface area contributed by atoms with Crippen LogP contribution in [0.1, 0.15) is 32.9 Å². The molecule has 2 aromatic rings. The predicted octanol–water partition coefficient (Wildman–Crippen LogP) is 1.30. The van der Waals surface area contributed by atoms with E-state index in [1.807, 2.05) is 0 Å². The van der Waals surface area contributed by atoms with E-state index in [1.165, 1.54) is 23.3 Å². The van der Waals surface area contributed by atoms with Crippen molar-refractivity contribution < 1.29 is 18.3 Å². The largest absolute Gasteiger partial charge is 0.458 e. The third-order valence-electron chi connectivity index (χ3n) is 4.05. The summed E-state index contributed by atoms with van der Waals surface area (Å²) in [7, 11) is 0. The highest BCUT2D eigenvalue weighted by Crippen LogP contribution is 2.24. The lowest BCUT2D eigenvalue weighted by Crippen LogP contribution is -2.57. The van der Waals surface area contributed by atoms with Gasteiger partial charge in [-0.15, -0.1) is 0 Å². The van der Waals surface area contributed by atoms with E-state index in [0.717, 1.165) is 0 Å². The SMILES string of the molecule is CC(C)(C)OC(=O)C1CNCCN1c1ncc(-n2cc(N)c(C(F)F)n2)cn1. The van der Waals surface area contributed by atoms with Crippen molar-refractivity contribution in [1.29, 1.82) is 0 Å². The lowest BCUT2D eigenvalue weighted by molar-refractivity contribution is -0.156. The molecule has 0 amide bonds. The van der Waals surface area contributed by atoms with Gasteiger partial charge in [0, 0.05) is 19.6 Å². The van der Waals surface area contributed by atoms with Crippen LogP contribution in [0.15, 0.2) is 18.6 Å². The zero-order valence-corrected chi connectivity index (χ0v) is 15.9. The zero-order valence-electron chi connectivity index (χ0n) is 15.9. The molecule has 1 atom stereocenters. The number of ether oxygens (including phenoxy) is 1. The van der Waals surface area contributed by atoms with Crippen LogP contribution in [0.3, 0.4) is 0 Å². The maximum Gasteiger partial charge on any atom is 0.330 e. The fraction of sp³-hybridized carbons (Fsp3) is 0.529. The molecule has 0 bridgehead atoms. The van der Waals surface area contributed by atoms with Crippen LogP contribution < -0.4 is 16.0 Å². The molecule has 1 fully saturated rings. The number of hydrogen-bond acceptors (Lipinski definition) is 8.